The maximum absolute atomic E-state index is 12.7. The molecule has 0 aliphatic rings. The van der Waals surface area contributed by atoms with Gasteiger partial charge in [0.1, 0.15) is 13.2 Å². The number of unbranched alkanes of at least 4 members (excludes halogenated alkanes) is 10. The number of hydrogen-bond donors (Lipinski definition) is 0. The SMILES string of the molecule is CC/C=C\C/C=C\C/C=C\C/C=C\C/C=C\C/C=C\CCC(=O)OCC(COC(=O)CCCCCCCCCCCCC)OC(=O)CC/C=C\C/C=C\C/C=C\C/C=C\C/C=C\CC. The number of carbonyl (C=O) groups excluding carboxylic acids is 3. The topological polar surface area (TPSA) is 78.9 Å². The normalized spacial score (nSPS) is 13.2. The first-order valence-corrected chi connectivity index (χ1v) is 25.2. The summed E-state index contributed by atoms with van der Waals surface area (Å²) in [5.74, 6) is -1.12. The van der Waals surface area contributed by atoms with E-state index in [1.807, 2.05) is 24.3 Å². The molecule has 0 radical (unpaired) electrons. The summed E-state index contributed by atoms with van der Waals surface area (Å²) < 4.78 is 16.6. The fourth-order valence-electron chi connectivity index (χ4n) is 6.22. The third-order valence-electron chi connectivity index (χ3n) is 9.93. The van der Waals surface area contributed by atoms with E-state index >= 15 is 0 Å². The van der Waals surface area contributed by atoms with E-state index in [4.69, 9.17) is 14.2 Å². The fourth-order valence-corrected chi connectivity index (χ4v) is 6.22. The Bertz CT molecular complexity index is 1430. The van der Waals surface area contributed by atoms with Gasteiger partial charge in [-0.1, -0.05) is 219 Å². The molecule has 0 aliphatic carbocycles. The maximum Gasteiger partial charge on any atom is 0.306 e. The van der Waals surface area contributed by atoms with Gasteiger partial charge >= 0.3 is 17.9 Å². The first-order valence-electron chi connectivity index (χ1n) is 25.2. The second-order valence-corrected chi connectivity index (χ2v) is 16.0. The third-order valence-corrected chi connectivity index (χ3v) is 9.93. The van der Waals surface area contributed by atoms with Gasteiger partial charge in [-0.05, 0) is 89.9 Å². The van der Waals surface area contributed by atoms with Crippen LogP contribution in [0.25, 0.3) is 0 Å². The second-order valence-electron chi connectivity index (χ2n) is 16.0. The highest BCUT2D eigenvalue weighted by molar-refractivity contribution is 5.71. The van der Waals surface area contributed by atoms with Crippen molar-refractivity contribution in [3.8, 4) is 0 Å². The molecule has 1 atom stereocenters. The zero-order chi connectivity index (χ0) is 46.5. The predicted octanol–water partition coefficient (Wildman–Crippen LogP) is 16.7. The monoisotopic (exact) mass is 883 g/mol. The summed E-state index contributed by atoms with van der Waals surface area (Å²) in [5, 5.41) is 0. The summed E-state index contributed by atoms with van der Waals surface area (Å²) in [5.41, 5.74) is 0. The van der Waals surface area contributed by atoms with Gasteiger partial charge in [-0.3, -0.25) is 14.4 Å². The zero-order valence-electron chi connectivity index (χ0n) is 40.7. The molecule has 6 nitrogen and oxygen atoms in total. The smallest absolute Gasteiger partial charge is 0.306 e. The molecule has 0 aromatic rings. The molecule has 64 heavy (non-hydrogen) atoms. The van der Waals surface area contributed by atoms with Crippen LogP contribution in [0.1, 0.15) is 194 Å². The molecule has 0 aromatic heterocycles. The molecule has 0 N–H and O–H groups in total. The van der Waals surface area contributed by atoms with Crippen molar-refractivity contribution in [1.82, 2.24) is 0 Å². The minimum Gasteiger partial charge on any atom is -0.462 e. The van der Waals surface area contributed by atoms with Crippen molar-refractivity contribution in [2.75, 3.05) is 13.2 Å². The minimum atomic E-state index is -0.850. The lowest BCUT2D eigenvalue weighted by molar-refractivity contribution is -0.166. The molecule has 0 aliphatic heterocycles. The lowest BCUT2D eigenvalue weighted by Gasteiger charge is -2.18. The van der Waals surface area contributed by atoms with Crippen molar-refractivity contribution < 1.29 is 28.6 Å². The van der Waals surface area contributed by atoms with Crippen molar-refractivity contribution in [1.29, 1.82) is 0 Å². The molecule has 0 spiro atoms. The third kappa shape index (κ3) is 48.6. The van der Waals surface area contributed by atoms with Gasteiger partial charge in [-0.2, -0.15) is 0 Å². The molecular formula is C58H90O6. The molecule has 0 saturated heterocycles. The Hall–Kier alpha value is -4.45. The molecule has 0 aromatic carbocycles. The Morgan fingerprint density at radius 1 is 0.328 bits per heavy atom. The highest BCUT2D eigenvalue weighted by Crippen LogP contribution is 2.13. The van der Waals surface area contributed by atoms with Crippen molar-refractivity contribution >= 4 is 17.9 Å². The Morgan fingerprint density at radius 3 is 0.953 bits per heavy atom. The van der Waals surface area contributed by atoms with Gasteiger partial charge in [0.15, 0.2) is 6.10 Å². The largest absolute Gasteiger partial charge is 0.462 e. The Kier molecular flexibility index (Phi) is 47.6. The Balaban J connectivity index is 4.62. The van der Waals surface area contributed by atoms with Crippen molar-refractivity contribution in [3.63, 3.8) is 0 Å². The quantitative estimate of drug-likeness (QED) is 0.0263. The first kappa shape index (κ1) is 59.5. The fraction of sp³-hybridized carbons (Fsp3) is 0.569. The van der Waals surface area contributed by atoms with E-state index < -0.39 is 12.1 Å². The summed E-state index contributed by atoms with van der Waals surface area (Å²) in [4.78, 5) is 37.9. The number of carbonyl (C=O) groups is 3. The van der Waals surface area contributed by atoms with Gasteiger partial charge < -0.3 is 14.2 Å². The molecular weight excluding hydrogens is 793 g/mol. The summed E-state index contributed by atoms with van der Waals surface area (Å²) >= 11 is 0. The van der Waals surface area contributed by atoms with Crippen LogP contribution >= 0.6 is 0 Å². The number of hydrogen-bond acceptors (Lipinski definition) is 6. The Labute approximate surface area is 392 Å². The van der Waals surface area contributed by atoms with Gasteiger partial charge in [-0.25, -0.2) is 0 Å². The average Bonchev–Trinajstić information content (AvgIpc) is 3.29. The van der Waals surface area contributed by atoms with Crippen LogP contribution in [0.4, 0.5) is 0 Å². The van der Waals surface area contributed by atoms with E-state index in [1.54, 1.807) is 0 Å². The number of esters is 3. The predicted molar refractivity (Wildman–Crippen MR) is 274 cm³/mol. The molecule has 1 unspecified atom stereocenters. The van der Waals surface area contributed by atoms with Crippen LogP contribution in [0.3, 0.4) is 0 Å². The minimum absolute atomic E-state index is 0.134. The van der Waals surface area contributed by atoms with Gasteiger partial charge in [0.05, 0.1) is 0 Å². The van der Waals surface area contributed by atoms with Gasteiger partial charge in [-0.15, -0.1) is 0 Å². The lowest BCUT2D eigenvalue weighted by atomic mass is 10.1. The van der Waals surface area contributed by atoms with E-state index in [-0.39, 0.29) is 38.0 Å². The van der Waals surface area contributed by atoms with E-state index in [0.717, 1.165) is 89.9 Å². The standard InChI is InChI=1S/C58H90O6/c1-4-7-10-13-16-19-22-24-26-28-29-30-32-33-36-39-42-45-48-51-57(60)63-54-55(53-62-56(59)50-47-44-41-38-35-21-18-15-12-9-6-3)64-58(61)52-49-46-43-40-37-34-31-27-25-23-20-17-14-11-8-5-2/h7-8,10-11,16-17,19-20,24-27,29-30,33-34,36-37,42-43,45-46,55H,4-6,9,12-15,18,21-23,28,31-32,35,38-41,44,47-54H2,1-3H3/b10-7-,11-8-,19-16-,20-17-,26-24-,27-25-,30-29-,36-33-,37-34-,45-42-,46-43-. The molecule has 0 bridgehead atoms. The van der Waals surface area contributed by atoms with Crippen LogP contribution in [-0.4, -0.2) is 37.2 Å². The van der Waals surface area contributed by atoms with Crippen LogP contribution in [0.2, 0.25) is 0 Å². The molecule has 6 heteroatoms. The van der Waals surface area contributed by atoms with Crippen LogP contribution in [0.5, 0.6) is 0 Å². The second kappa shape index (κ2) is 51.2. The van der Waals surface area contributed by atoms with Gasteiger partial charge in [0.2, 0.25) is 0 Å². The molecule has 358 valence electrons. The van der Waals surface area contributed by atoms with E-state index in [0.29, 0.717) is 19.3 Å². The first-order chi connectivity index (χ1) is 31.5. The van der Waals surface area contributed by atoms with E-state index in [1.165, 1.54) is 51.4 Å². The molecule has 0 amide bonds. The zero-order valence-corrected chi connectivity index (χ0v) is 40.7. The van der Waals surface area contributed by atoms with Crippen molar-refractivity contribution in [3.05, 3.63) is 134 Å². The van der Waals surface area contributed by atoms with Crippen molar-refractivity contribution in [2.24, 2.45) is 0 Å². The van der Waals surface area contributed by atoms with Crippen LogP contribution in [-0.2, 0) is 28.6 Å². The van der Waals surface area contributed by atoms with Crippen molar-refractivity contribution in [2.45, 2.75) is 200 Å². The van der Waals surface area contributed by atoms with Crippen LogP contribution in [0, 0.1) is 0 Å². The summed E-state index contributed by atoms with van der Waals surface area (Å²) in [6, 6.07) is 0. The highest BCUT2D eigenvalue weighted by atomic mass is 16.6. The number of ether oxygens (including phenoxy) is 3. The lowest BCUT2D eigenvalue weighted by Crippen LogP contribution is -2.30. The maximum atomic E-state index is 12.7. The molecule has 0 saturated carbocycles. The highest BCUT2D eigenvalue weighted by Gasteiger charge is 2.19. The summed E-state index contributed by atoms with van der Waals surface area (Å²) in [7, 11) is 0. The summed E-state index contributed by atoms with van der Waals surface area (Å²) in [6.45, 7) is 6.25. The van der Waals surface area contributed by atoms with Crippen LogP contribution < -0.4 is 0 Å². The molecule has 0 heterocycles. The average molecular weight is 883 g/mol. The van der Waals surface area contributed by atoms with E-state index in [9.17, 15) is 14.4 Å². The molecule has 0 rings (SSSR count). The Morgan fingerprint density at radius 2 is 0.609 bits per heavy atom. The van der Waals surface area contributed by atoms with Gasteiger partial charge in [0.25, 0.3) is 0 Å². The van der Waals surface area contributed by atoms with E-state index in [2.05, 4.69) is 130 Å². The van der Waals surface area contributed by atoms with Crippen LogP contribution in [0.15, 0.2) is 134 Å². The van der Waals surface area contributed by atoms with Gasteiger partial charge in [0, 0.05) is 19.3 Å². The number of allylic oxidation sites excluding steroid dienone is 22. The summed E-state index contributed by atoms with van der Waals surface area (Å²) in [6.07, 6.45) is 71.7. The number of rotatable bonds is 43. The molecule has 0 fully saturated rings.